The van der Waals surface area contributed by atoms with Crippen LogP contribution in [0, 0.1) is 0 Å². The van der Waals surface area contributed by atoms with Gasteiger partial charge in [-0.3, -0.25) is 0 Å². The Morgan fingerprint density at radius 1 is 1.38 bits per heavy atom. The van der Waals surface area contributed by atoms with Crippen molar-refractivity contribution in [2.24, 2.45) is 0 Å². The molecule has 1 aromatic carbocycles. The minimum atomic E-state index is 0.187. The van der Waals surface area contributed by atoms with Crippen LogP contribution in [-0.2, 0) is 6.54 Å². The normalized spacial score (nSPS) is 11.6. The number of hydrogen-bond donors (Lipinski definition) is 1. The Bertz CT molecular complexity index is 350. The van der Waals surface area contributed by atoms with Crippen LogP contribution < -0.4 is 10.1 Å². The molecule has 1 N–H and O–H groups in total. The summed E-state index contributed by atoms with van der Waals surface area (Å²) < 4.78 is 6.20. The first-order valence-corrected chi connectivity index (χ1v) is 6.35. The van der Waals surface area contributed by atoms with Gasteiger partial charge in [-0.05, 0) is 53.9 Å². The van der Waals surface area contributed by atoms with Gasteiger partial charge in [-0.1, -0.05) is 13.0 Å². The summed E-state index contributed by atoms with van der Waals surface area (Å²) >= 11 is 3.49. The molecule has 0 fully saturated rings. The minimum absolute atomic E-state index is 0.187. The maximum atomic E-state index is 5.20. The number of hydrogen-bond acceptors (Lipinski definition) is 2. The molecule has 16 heavy (non-hydrogen) atoms. The lowest BCUT2D eigenvalue weighted by atomic mass is 10.0. The molecule has 90 valence electrons. The summed E-state index contributed by atoms with van der Waals surface area (Å²) in [6.45, 7) is 7.50. The van der Waals surface area contributed by atoms with E-state index in [9.17, 15) is 0 Å². The summed E-state index contributed by atoms with van der Waals surface area (Å²) in [5.41, 5.74) is 1.45. The first kappa shape index (κ1) is 13.5. The molecule has 0 saturated carbocycles. The van der Waals surface area contributed by atoms with Gasteiger partial charge in [0.2, 0.25) is 0 Å². The topological polar surface area (TPSA) is 21.3 Å². The zero-order valence-corrected chi connectivity index (χ0v) is 12.0. The van der Waals surface area contributed by atoms with E-state index in [-0.39, 0.29) is 5.54 Å². The van der Waals surface area contributed by atoms with E-state index in [1.54, 1.807) is 7.11 Å². The highest BCUT2D eigenvalue weighted by Crippen LogP contribution is 2.25. The van der Waals surface area contributed by atoms with E-state index in [2.05, 4.69) is 54.2 Å². The summed E-state index contributed by atoms with van der Waals surface area (Å²) in [7, 11) is 1.68. The molecule has 0 unspecified atom stereocenters. The lowest BCUT2D eigenvalue weighted by Gasteiger charge is -2.24. The van der Waals surface area contributed by atoms with E-state index < -0.39 is 0 Å². The second-order valence-electron chi connectivity index (χ2n) is 4.56. The minimum Gasteiger partial charge on any atom is -0.496 e. The zero-order chi connectivity index (χ0) is 12.2. The number of ether oxygens (including phenoxy) is 1. The van der Waals surface area contributed by atoms with E-state index in [1.807, 2.05) is 6.07 Å². The van der Waals surface area contributed by atoms with Crippen molar-refractivity contribution in [1.29, 1.82) is 0 Å². The Morgan fingerprint density at radius 2 is 2.06 bits per heavy atom. The fourth-order valence-corrected chi connectivity index (χ4v) is 1.87. The van der Waals surface area contributed by atoms with Crippen LogP contribution in [0.25, 0.3) is 0 Å². The molecule has 0 spiro atoms. The van der Waals surface area contributed by atoms with E-state index in [4.69, 9.17) is 4.74 Å². The number of halogens is 1. The first-order valence-electron chi connectivity index (χ1n) is 5.56. The van der Waals surface area contributed by atoms with E-state index in [0.29, 0.717) is 0 Å². The van der Waals surface area contributed by atoms with Gasteiger partial charge in [-0.15, -0.1) is 0 Å². The lowest BCUT2D eigenvalue weighted by Crippen LogP contribution is -2.37. The van der Waals surface area contributed by atoms with Gasteiger partial charge in [-0.2, -0.15) is 0 Å². The van der Waals surface area contributed by atoms with Crippen molar-refractivity contribution >= 4 is 15.9 Å². The lowest BCUT2D eigenvalue weighted by molar-refractivity contribution is 0.374. The van der Waals surface area contributed by atoms with Crippen molar-refractivity contribution < 1.29 is 4.74 Å². The largest absolute Gasteiger partial charge is 0.496 e. The van der Waals surface area contributed by atoms with Gasteiger partial charge in [0.1, 0.15) is 5.75 Å². The number of nitrogens with one attached hydrogen (secondary N) is 1. The van der Waals surface area contributed by atoms with E-state index in [0.717, 1.165) is 23.2 Å². The fraction of sp³-hybridized carbons (Fsp3) is 0.538. The highest BCUT2D eigenvalue weighted by atomic mass is 79.9. The average molecular weight is 286 g/mol. The maximum Gasteiger partial charge on any atom is 0.133 e. The van der Waals surface area contributed by atoms with Crippen LogP contribution in [0.5, 0.6) is 5.75 Å². The Balaban J connectivity index is 2.65. The molecule has 0 saturated heterocycles. The predicted octanol–water partition coefficient (Wildman–Crippen LogP) is 3.74. The number of methoxy groups -OCH3 is 1. The second-order valence-corrected chi connectivity index (χ2v) is 5.41. The zero-order valence-electron chi connectivity index (χ0n) is 10.4. The van der Waals surface area contributed by atoms with E-state index in [1.165, 1.54) is 5.56 Å². The van der Waals surface area contributed by atoms with E-state index >= 15 is 0 Å². The molecule has 2 nitrogen and oxygen atoms in total. The van der Waals surface area contributed by atoms with Crippen molar-refractivity contribution in [3.63, 3.8) is 0 Å². The van der Waals surface area contributed by atoms with Crippen molar-refractivity contribution in [2.45, 2.75) is 39.3 Å². The van der Waals surface area contributed by atoms with Gasteiger partial charge in [0.25, 0.3) is 0 Å². The van der Waals surface area contributed by atoms with Crippen LogP contribution in [0.4, 0.5) is 0 Å². The summed E-state index contributed by atoms with van der Waals surface area (Å²) in [6, 6.07) is 6.17. The SMILES string of the molecule is CCC(C)(C)NCc1ccc(OC)c(Br)c1. The average Bonchev–Trinajstić information content (AvgIpc) is 2.27. The van der Waals surface area contributed by atoms with Crippen molar-refractivity contribution in [1.82, 2.24) is 5.32 Å². The molecule has 1 aromatic rings. The molecular formula is C13H20BrNO. The fourth-order valence-electron chi connectivity index (χ4n) is 1.29. The third-order valence-electron chi connectivity index (χ3n) is 2.87. The summed E-state index contributed by atoms with van der Waals surface area (Å²) in [6.07, 6.45) is 1.12. The molecular weight excluding hydrogens is 266 g/mol. The molecule has 0 aromatic heterocycles. The first-order chi connectivity index (χ1) is 7.48. The molecule has 0 aliphatic carbocycles. The van der Waals surface area contributed by atoms with Crippen LogP contribution >= 0.6 is 15.9 Å². The van der Waals surface area contributed by atoms with Crippen LogP contribution in [0.1, 0.15) is 32.8 Å². The summed E-state index contributed by atoms with van der Waals surface area (Å²) in [5, 5.41) is 3.53. The monoisotopic (exact) mass is 285 g/mol. The Kier molecular flexibility index (Phi) is 4.81. The molecule has 0 aliphatic heterocycles. The van der Waals surface area contributed by atoms with Gasteiger partial charge in [0, 0.05) is 12.1 Å². The quantitative estimate of drug-likeness (QED) is 0.890. The Morgan fingerprint density at radius 3 is 2.56 bits per heavy atom. The molecule has 0 amide bonds. The van der Waals surface area contributed by atoms with Crippen LogP contribution in [0.2, 0.25) is 0 Å². The van der Waals surface area contributed by atoms with Gasteiger partial charge in [0.05, 0.1) is 11.6 Å². The molecule has 1 rings (SSSR count). The van der Waals surface area contributed by atoms with Crippen molar-refractivity contribution in [3.05, 3.63) is 28.2 Å². The van der Waals surface area contributed by atoms with Gasteiger partial charge < -0.3 is 10.1 Å². The van der Waals surface area contributed by atoms with Gasteiger partial charge >= 0.3 is 0 Å². The van der Waals surface area contributed by atoms with Crippen molar-refractivity contribution in [2.75, 3.05) is 7.11 Å². The van der Waals surface area contributed by atoms with Gasteiger partial charge in [-0.25, -0.2) is 0 Å². The maximum absolute atomic E-state index is 5.20. The van der Waals surface area contributed by atoms with Crippen LogP contribution in [0.3, 0.4) is 0 Å². The Hall–Kier alpha value is -0.540. The third kappa shape index (κ3) is 3.80. The van der Waals surface area contributed by atoms with Gasteiger partial charge in [0.15, 0.2) is 0 Å². The molecule has 0 bridgehead atoms. The number of rotatable bonds is 5. The summed E-state index contributed by atoms with van der Waals surface area (Å²) in [4.78, 5) is 0. The standard InChI is InChI=1S/C13H20BrNO/c1-5-13(2,3)15-9-10-6-7-12(16-4)11(14)8-10/h6-8,15H,5,9H2,1-4H3. The smallest absolute Gasteiger partial charge is 0.133 e. The predicted molar refractivity (Wildman–Crippen MR) is 71.9 cm³/mol. The van der Waals surface area contributed by atoms with Crippen LogP contribution in [0.15, 0.2) is 22.7 Å². The Labute approximate surface area is 107 Å². The molecule has 0 aliphatic rings. The summed E-state index contributed by atoms with van der Waals surface area (Å²) in [5.74, 6) is 0.874. The molecule has 3 heteroatoms. The molecule has 0 heterocycles. The second kappa shape index (κ2) is 5.69. The molecule has 0 radical (unpaired) electrons. The number of benzene rings is 1. The highest BCUT2D eigenvalue weighted by molar-refractivity contribution is 9.10. The highest BCUT2D eigenvalue weighted by Gasteiger charge is 2.13. The molecule has 0 atom stereocenters. The third-order valence-corrected chi connectivity index (χ3v) is 3.49. The van der Waals surface area contributed by atoms with Crippen molar-refractivity contribution in [3.8, 4) is 5.75 Å². The van der Waals surface area contributed by atoms with Crippen LogP contribution in [-0.4, -0.2) is 12.6 Å².